The van der Waals surface area contributed by atoms with Crippen molar-refractivity contribution in [1.82, 2.24) is 0 Å². The van der Waals surface area contributed by atoms with E-state index in [2.05, 4.69) is 0 Å². The van der Waals surface area contributed by atoms with Gasteiger partial charge in [0.2, 0.25) is 0 Å². The Hall–Kier alpha value is -0.360. The zero-order valence-electron chi connectivity index (χ0n) is 7.06. The summed E-state index contributed by atoms with van der Waals surface area (Å²) in [7, 11) is 0. The summed E-state index contributed by atoms with van der Waals surface area (Å²) in [6, 6.07) is 0. The summed E-state index contributed by atoms with van der Waals surface area (Å²) in [5, 5.41) is 28.7. The molecule has 3 atom stereocenters. The lowest BCUT2D eigenvalue weighted by atomic mass is 9.88. The van der Waals surface area contributed by atoms with Crippen LogP contribution in [0.25, 0.3) is 0 Å². The van der Waals surface area contributed by atoms with Crippen molar-refractivity contribution in [3.05, 3.63) is 0 Å². The molecular formula is C7H14ClNO4. The van der Waals surface area contributed by atoms with Gasteiger partial charge in [-0.05, 0) is 0 Å². The molecule has 1 rings (SSSR count). The minimum atomic E-state index is -0.989. The molecule has 0 amide bonds. The molecular weight excluding hydrogens is 198 g/mol. The summed E-state index contributed by atoms with van der Waals surface area (Å²) in [6.07, 6.45) is -0.905. The number of aliphatic hydroxyl groups excluding tert-OH is 2. The molecule has 0 aromatic rings. The van der Waals surface area contributed by atoms with Crippen LogP contribution in [0.4, 0.5) is 0 Å². The first-order valence-electron chi connectivity index (χ1n) is 4.00. The van der Waals surface area contributed by atoms with Crippen molar-refractivity contribution < 1.29 is 37.8 Å². The summed E-state index contributed by atoms with van der Waals surface area (Å²) in [6.45, 7) is 0.843. The van der Waals surface area contributed by atoms with Crippen LogP contribution in [-0.2, 0) is 4.79 Å². The third kappa shape index (κ3) is 2.80. The average Bonchev–Trinajstić information content (AvgIpc) is 2.04. The van der Waals surface area contributed by atoms with Crippen LogP contribution in [-0.4, -0.2) is 47.1 Å². The van der Waals surface area contributed by atoms with Crippen molar-refractivity contribution in [3.8, 4) is 0 Å². The molecule has 0 aliphatic carbocycles. The maximum atomic E-state index is 10.6. The molecule has 0 saturated carbocycles. The number of carboxylic acids is 1. The Balaban J connectivity index is 0.00000144. The molecule has 0 aromatic heterocycles. The summed E-state index contributed by atoms with van der Waals surface area (Å²) in [4.78, 5) is 10.6. The molecule has 5 nitrogen and oxygen atoms in total. The molecule has 1 aliphatic rings. The van der Waals surface area contributed by atoms with Gasteiger partial charge >= 0.3 is 5.97 Å². The van der Waals surface area contributed by atoms with Crippen LogP contribution in [0.3, 0.4) is 0 Å². The molecule has 1 fully saturated rings. The van der Waals surface area contributed by atoms with Gasteiger partial charge in [0.15, 0.2) is 0 Å². The molecule has 0 bridgehead atoms. The fourth-order valence-electron chi connectivity index (χ4n) is 1.53. The van der Waals surface area contributed by atoms with Crippen LogP contribution < -0.4 is 17.7 Å². The van der Waals surface area contributed by atoms with E-state index < -0.39 is 18.0 Å². The number of aliphatic hydroxyl groups is 2. The number of quaternary nitrogens is 1. The van der Waals surface area contributed by atoms with Gasteiger partial charge in [0, 0.05) is 0 Å². The largest absolute Gasteiger partial charge is 1.00 e. The monoisotopic (exact) mass is 211 g/mol. The van der Waals surface area contributed by atoms with Crippen molar-refractivity contribution in [1.29, 1.82) is 0 Å². The summed E-state index contributed by atoms with van der Waals surface area (Å²) in [5.41, 5.74) is 0. The lowest BCUT2D eigenvalue weighted by Gasteiger charge is -2.29. The highest BCUT2D eigenvalue weighted by Gasteiger charge is 2.38. The first kappa shape index (κ1) is 12.6. The second kappa shape index (κ2) is 5.39. The van der Waals surface area contributed by atoms with E-state index in [9.17, 15) is 9.90 Å². The molecule has 0 unspecified atom stereocenters. The number of nitrogens with two attached hydrogens (primary N) is 1. The highest BCUT2D eigenvalue weighted by molar-refractivity contribution is 5.70. The molecule has 1 aliphatic heterocycles. The van der Waals surface area contributed by atoms with Gasteiger partial charge in [0.05, 0.1) is 31.7 Å². The number of carboxylic acid groups (broad SMARTS) is 1. The Bertz CT molecular complexity index is 178. The minimum absolute atomic E-state index is 0. The van der Waals surface area contributed by atoms with Gasteiger partial charge in [-0.3, -0.25) is 4.79 Å². The Morgan fingerprint density at radius 1 is 1.46 bits per heavy atom. The van der Waals surface area contributed by atoms with E-state index in [1.165, 1.54) is 0 Å². The predicted molar refractivity (Wildman–Crippen MR) is 39.4 cm³/mol. The number of halogens is 1. The van der Waals surface area contributed by atoms with E-state index in [4.69, 9.17) is 10.2 Å². The Morgan fingerprint density at radius 3 is 2.54 bits per heavy atom. The lowest BCUT2D eigenvalue weighted by Crippen LogP contribution is -3.00. The van der Waals surface area contributed by atoms with E-state index >= 15 is 0 Å². The van der Waals surface area contributed by atoms with Gasteiger partial charge in [0.1, 0.15) is 5.92 Å². The average molecular weight is 212 g/mol. The van der Waals surface area contributed by atoms with Gasteiger partial charge in [-0.1, -0.05) is 0 Å². The minimum Gasteiger partial charge on any atom is -1.00 e. The normalized spacial score (nSPS) is 33.5. The molecule has 0 radical (unpaired) electrons. The standard InChI is InChI=1S/C7H13NO4.ClH/c9-3-4-1-8-2-5(6(4)10)7(11)12;/h4-6,8-10H,1-3H2,(H,11,12);1H/t4-,5+,6-;/m1./s1. The van der Waals surface area contributed by atoms with Gasteiger partial charge < -0.3 is 33.0 Å². The maximum absolute atomic E-state index is 10.6. The molecule has 13 heavy (non-hydrogen) atoms. The van der Waals surface area contributed by atoms with Crippen molar-refractivity contribution in [3.63, 3.8) is 0 Å². The molecule has 5 N–H and O–H groups in total. The van der Waals surface area contributed by atoms with Crippen molar-refractivity contribution in [2.45, 2.75) is 6.10 Å². The van der Waals surface area contributed by atoms with Crippen molar-refractivity contribution >= 4 is 5.97 Å². The molecule has 1 saturated heterocycles. The Kier molecular flexibility index (Phi) is 5.24. The first-order chi connectivity index (χ1) is 5.66. The van der Waals surface area contributed by atoms with Crippen molar-refractivity contribution in [2.75, 3.05) is 19.7 Å². The number of rotatable bonds is 2. The molecule has 1 heterocycles. The van der Waals surface area contributed by atoms with E-state index in [1.807, 2.05) is 5.32 Å². The zero-order valence-corrected chi connectivity index (χ0v) is 7.81. The maximum Gasteiger partial charge on any atom is 0.314 e. The Labute approximate surface area is 82.2 Å². The second-order valence-electron chi connectivity index (χ2n) is 3.14. The second-order valence-corrected chi connectivity index (χ2v) is 3.14. The molecule has 0 aromatic carbocycles. The first-order valence-corrected chi connectivity index (χ1v) is 4.00. The van der Waals surface area contributed by atoms with E-state index in [1.54, 1.807) is 0 Å². The number of hydrogen-bond acceptors (Lipinski definition) is 3. The number of hydrogen-bond donors (Lipinski definition) is 4. The number of carbonyl (C=O) groups is 1. The number of aliphatic carboxylic acids is 1. The summed E-state index contributed by atoms with van der Waals surface area (Å²) in [5.74, 6) is -2.03. The quantitative estimate of drug-likeness (QED) is 0.366. The highest BCUT2D eigenvalue weighted by Crippen LogP contribution is 2.13. The lowest BCUT2D eigenvalue weighted by molar-refractivity contribution is -0.677. The van der Waals surface area contributed by atoms with Crippen LogP contribution in [0, 0.1) is 11.8 Å². The summed E-state index contributed by atoms with van der Waals surface area (Å²) < 4.78 is 0. The summed E-state index contributed by atoms with van der Waals surface area (Å²) >= 11 is 0. The Morgan fingerprint density at radius 2 is 2.08 bits per heavy atom. The van der Waals surface area contributed by atoms with E-state index in [0.29, 0.717) is 13.1 Å². The third-order valence-corrected chi connectivity index (χ3v) is 2.34. The zero-order chi connectivity index (χ0) is 9.14. The fourth-order valence-corrected chi connectivity index (χ4v) is 1.53. The SMILES string of the molecule is O=C(O)[C@H]1C[NH2+]C[C@H](CO)[C@H]1O.[Cl-]. The smallest absolute Gasteiger partial charge is 0.314 e. The van der Waals surface area contributed by atoms with Crippen LogP contribution in [0.5, 0.6) is 0 Å². The van der Waals surface area contributed by atoms with Crippen LogP contribution in [0.1, 0.15) is 0 Å². The predicted octanol–water partition coefficient (Wildman–Crippen LogP) is -5.76. The van der Waals surface area contributed by atoms with Gasteiger partial charge in [0.25, 0.3) is 0 Å². The van der Waals surface area contributed by atoms with Gasteiger partial charge in [-0.15, -0.1) is 0 Å². The van der Waals surface area contributed by atoms with Gasteiger partial charge in [-0.2, -0.15) is 0 Å². The van der Waals surface area contributed by atoms with E-state index in [0.717, 1.165) is 0 Å². The van der Waals surface area contributed by atoms with Crippen LogP contribution in [0.15, 0.2) is 0 Å². The molecule has 78 valence electrons. The van der Waals surface area contributed by atoms with Gasteiger partial charge in [-0.25, -0.2) is 0 Å². The van der Waals surface area contributed by atoms with E-state index in [-0.39, 0.29) is 24.9 Å². The van der Waals surface area contributed by atoms with Crippen LogP contribution in [0.2, 0.25) is 0 Å². The van der Waals surface area contributed by atoms with Crippen molar-refractivity contribution in [2.24, 2.45) is 11.8 Å². The molecule has 6 heteroatoms. The topological polar surface area (TPSA) is 94.4 Å². The van der Waals surface area contributed by atoms with Crippen LogP contribution >= 0.6 is 0 Å². The third-order valence-electron chi connectivity index (χ3n) is 2.34. The number of piperidine rings is 1. The fraction of sp³-hybridized carbons (Fsp3) is 0.857. The molecule has 0 spiro atoms. The highest BCUT2D eigenvalue weighted by atomic mass is 35.5.